The first-order valence-electron chi connectivity index (χ1n) is 5.76. The van der Waals surface area contributed by atoms with E-state index in [0.29, 0.717) is 17.8 Å². The van der Waals surface area contributed by atoms with Crippen molar-refractivity contribution in [2.75, 3.05) is 5.32 Å². The molecule has 0 bridgehead atoms. The molecule has 2 aromatic carbocycles. The summed E-state index contributed by atoms with van der Waals surface area (Å²) < 4.78 is 39.1. The zero-order valence-electron chi connectivity index (χ0n) is 10.6. The second kappa shape index (κ2) is 6.29. The predicted octanol–water partition coefficient (Wildman–Crippen LogP) is 5.62. The number of nitro benzene ring substituents is 1. The number of anilines is 2. The Hall–Kier alpha value is -1.55. The van der Waals surface area contributed by atoms with E-state index in [1.807, 2.05) is 0 Å². The lowest BCUT2D eigenvalue weighted by molar-refractivity contribution is -0.384. The Labute approximate surface area is 141 Å². The van der Waals surface area contributed by atoms with Gasteiger partial charge in [-0.2, -0.15) is 13.2 Å². The maximum atomic E-state index is 12.7. The van der Waals surface area contributed by atoms with Crippen molar-refractivity contribution in [1.82, 2.24) is 0 Å². The van der Waals surface area contributed by atoms with Crippen LogP contribution in [0.2, 0.25) is 5.02 Å². The van der Waals surface area contributed by atoms with Gasteiger partial charge in [0, 0.05) is 15.3 Å². The molecule has 0 aliphatic carbocycles. The predicted molar refractivity (Wildman–Crippen MR) is 85.6 cm³/mol. The van der Waals surface area contributed by atoms with Crippen LogP contribution >= 0.6 is 34.2 Å². The molecule has 0 spiro atoms. The molecule has 0 aromatic heterocycles. The highest BCUT2D eigenvalue weighted by Gasteiger charge is 2.34. The number of hydrogen-bond acceptors (Lipinski definition) is 3. The lowest BCUT2D eigenvalue weighted by Crippen LogP contribution is -2.07. The second-order valence-electron chi connectivity index (χ2n) is 4.24. The van der Waals surface area contributed by atoms with Crippen molar-refractivity contribution in [3.05, 3.63) is 60.7 Å². The Morgan fingerprint density at radius 2 is 1.77 bits per heavy atom. The number of benzene rings is 2. The lowest BCUT2D eigenvalue weighted by Gasteiger charge is -2.12. The SMILES string of the molecule is O=[N+]([O-])c1cc(C(F)(F)F)cc(Cl)c1Nc1ccc(I)cc1. The van der Waals surface area contributed by atoms with Gasteiger partial charge in [0.2, 0.25) is 0 Å². The van der Waals surface area contributed by atoms with E-state index >= 15 is 0 Å². The molecular weight excluding hydrogens is 436 g/mol. The van der Waals surface area contributed by atoms with E-state index in [9.17, 15) is 23.3 Å². The van der Waals surface area contributed by atoms with Crippen molar-refractivity contribution in [3.8, 4) is 0 Å². The number of nitrogens with zero attached hydrogens (tertiary/aromatic N) is 1. The fourth-order valence-corrected chi connectivity index (χ4v) is 2.32. The summed E-state index contributed by atoms with van der Waals surface area (Å²) in [6.07, 6.45) is -4.71. The van der Waals surface area contributed by atoms with Gasteiger partial charge >= 0.3 is 6.18 Å². The van der Waals surface area contributed by atoms with Gasteiger partial charge in [-0.3, -0.25) is 10.1 Å². The van der Waals surface area contributed by atoms with Crippen molar-refractivity contribution >= 4 is 51.3 Å². The average molecular weight is 443 g/mol. The van der Waals surface area contributed by atoms with Gasteiger partial charge in [0.25, 0.3) is 5.69 Å². The minimum Gasteiger partial charge on any atom is -0.349 e. The Balaban J connectivity index is 2.50. The van der Waals surface area contributed by atoms with Gasteiger partial charge in [0.15, 0.2) is 0 Å². The zero-order chi connectivity index (χ0) is 16.5. The van der Waals surface area contributed by atoms with E-state index in [0.717, 1.165) is 3.57 Å². The first-order valence-corrected chi connectivity index (χ1v) is 7.22. The smallest absolute Gasteiger partial charge is 0.349 e. The molecule has 0 aliphatic heterocycles. The van der Waals surface area contributed by atoms with Crippen molar-refractivity contribution in [3.63, 3.8) is 0 Å². The Kier molecular flexibility index (Phi) is 4.81. The Bertz CT molecular complexity index is 720. The molecule has 1 N–H and O–H groups in total. The topological polar surface area (TPSA) is 55.2 Å². The lowest BCUT2D eigenvalue weighted by atomic mass is 10.1. The fraction of sp³-hybridized carbons (Fsp3) is 0.0769. The summed E-state index contributed by atoms with van der Waals surface area (Å²) in [6.45, 7) is 0. The minimum atomic E-state index is -4.71. The molecule has 2 rings (SSSR count). The van der Waals surface area contributed by atoms with Crippen LogP contribution in [0, 0.1) is 13.7 Å². The molecule has 22 heavy (non-hydrogen) atoms. The van der Waals surface area contributed by atoms with Crippen molar-refractivity contribution < 1.29 is 18.1 Å². The molecule has 0 saturated carbocycles. The van der Waals surface area contributed by atoms with Crippen molar-refractivity contribution in [1.29, 1.82) is 0 Å². The molecule has 0 atom stereocenters. The summed E-state index contributed by atoms with van der Waals surface area (Å²) in [4.78, 5) is 10.1. The highest BCUT2D eigenvalue weighted by Crippen LogP contribution is 2.40. The third-order valence-electron chi connectivity index (χ3n) is 2.71. The van der Waals surface area contributed by atoms with Crippen LogP contribution in [0.5, 0.6) is 0 Å². The van der Waals surface area contributed by atoms with Crippen molar-refractivity contribution in [2.45, 2.75) is 6.18 Å². The molecule has 0 amide bonds. The molecule has 116 valence electrons. The van der Waals surface area contributed by atoms with Gasteiger partial charge in [0.1, 0.15) is 5.69 Å². The maximum Gasteiger partial charge on any atom is 0.416 e. The van der Waals surface area contributed by atoms with Crippen LogP contribution in [0.15, 0.2) is 36.4 Å². The minimum absolute atomic E-state index is 0.180. The molecule has 2 aromatic rings. The van der Waals surface area contributed by atoms with Gasteiger partial charge in [-0.1, -0.05) is 11.6 Å². The molecular formula is C13H7ClF3IN2O2. The van der Waals surface area contributed by atoms with Crippen LogP contribution in [0.1, 0.15) is 5.56 Å². The summed E-state index contributed by atoms with van der Waals surface area (Å²) in [5.41, 5.74) is -1.61. The third-order valence-corrected chi connectivity index (χ3v) is 3.72. The largest absolute Gasteiger partial charge is 0.416 e. The van der Waals surface area contributed by atoms with E-state index in [1.165, 1.54) is 0 Å². The Morgan fingerprint density at radius 3 is 2.27 bits per heavy atom. The number of rotatable bonds is 3. The van der Waals surface area contributed by atoms with Crippen LogP contribution in [-0.4, -0.2) is 4.92 Å². The first kappa shape index (κ1) is 16.8. The average Bonchev–Trinajstić information content (AvgIpc) is 2.41. The summed E-state index contributed by atoms with van der Waals surface area (Å²) in [6, 6.07) is 7.88. The number of hydrogen-bond donors (Lipinski definition) is 1. The normalized spacial score (nSPS) is 11.3. The summed E-state index contributed by atoms with van der Waals surface area (Å²) in [5.74, 6) is 0. The third kappa shape index (κ3) is 3.80. The number of alkyl halides is 3. The highest BCUT2D eigenvalue weighted by atomic mass is 127. The maximum absolute atomic E-state index is 12.7. The van der Waals surface area contributed by atoms with E-state index < -0.39 is 22.4 Å². The van der Waals surface area contributed by atoms with E-state index in [1.54, 1.807) is 24.3 Å². The van der Waals surface area contributed by atoms with Gasteiger partial charge in [-0.25, -0.2) is 0 Å². The van der Waals surface area contributed by atoms with Gasteiger partial charge in [-0.05, 0) is 52.9 Å². The van der Waals surface area contributed by atoms with E-state index in [4.69, 9.17) is 11.6 Å². The molecule has 0 fully saturated rings. The van der Waals surface area contributed by atoms with E-state index in [2.05, 4.69) is 27.9 Å². The van der Waals surface area contributed by atoms with Crippen molar-refractivity contribution in [2.24, 2.45) is 0 Å². The fourth-order valence-electron chi connectivity index (χ4n) is 1.70. The number of halogens is 5. The molecule has 9 heteroatoms. The molecule has 4 nitrogen and oxygen atoms in total. The standard InChI is InChI=1S/C13H7ClF3IN2O2/c14-10-5-7(13(15,16)17)6-11(20(21)22)12(10)19-9-3-1-8(18)2-4-9/h1-6,19H. The second-order valence-corrected chi connectivity index (χ2v) is 5.89. The highest BCUT2D eigenvalue weighted by molar-refractivity contribution is 14.1. The first-order chi connectivity index (χ1) is 10.2. The van der Waals surface area contributed by atoms with Crippen LogP contribution in [0.4, 0.5) is 30.2 Å². The monoisotopic (exact) mass is 442 g/mol. The van der Waals surface area contributed by atoms with Gasteiger partial charge in [-0.15, -0.1) is 0 Å². The van der Waals surface area contributed by atoms with Gasteiger partial charge < -0.3 is 5.32 Å². The van der Waals surface area contributed by atoms with Crippen LogP contribution in [-0.2, 0) is 6.18 Å². The van der Waals surface area contributed by atoms with E-state index in [-0.39, 0.29) is 10.7 Å². The van der Waals surface area contributed by atoms with Crippen LogP contribution in [0.3, 0.4) is 0 Å². The molecule has 0 radical (unpaired) electrons. The molecule has 0 aliphatic rings. The van der Waals surface area contributed by atoms with Gasteiger partial charge in [0.05, 0.1) is 15.5 Å². The van der Waals surface area contributed by atoms with Crippen LogP contribution < -0.4 is 5.32 Å². The number of nitro groups is 1. The molecule has 0 saturated heterocycles. The summed E-state index contributed by atoms with van der Waals surface area (Å²) in [7, 11) is 0. The summed E-state index contributed by atoms with van der Waals surface area (Å²) in [5, 5.41) is 13.3. The Morgan fingerprint density at radius 1 is 1.18 bits per heavy atom. The summed E-state index contributed by atoms with van der Waals surface area (Å²) >= 11 is 7.87. The molecule has 0 heterocycles. The zero-order valence-corrected chi connectivity index (χ0v) is 13.5. The molecule has 0 unspecified atom stereocenters. The number of nitrogens with one attached hydrogen (secondary N) is 1. The quantitative estimate of drug-likeness (QED) is 0.382. The van der Waals surface area contributed by atoms with Crippen LogP contribution in [0.25, 0.3) is 0 Å².